The summed E-state index contributed by atoms with van der Waals surface area (Å²) < 4.78 is 58.0. The minimum absolute atomic E-state index is 1.00. The molecule has 0 fully saturated rings. The smallest absolute Gasteiger partial charge is 0.310 e. The lowest BCUT2D eigenvalue weighted by atomic mass is 11.6. The molecule has 0 atom stereocenters. The normalized spacial score (nSPS) is 14.6. The van der Waals surface area contributed by atoms with E-state index in [1.807, 2.05) is 0 Å². The van der Waals surface area contributed by atoms with E-state index in [1.165, 1.54) is 0 Å². The lowest BCUT2D eigenvalue weighted by Crippen LogP contribution is -2.32. The van der Waals surface area contributed by atoms with Gasteiger partial charge in [0.25, 0.3) is 9.76 Å². The lowest BCUT2D eigenvalue weighted by Gasteiger charge is -2.15. The Morgan fingerprint density at radius 1 is 1.15 bits per heavy atom. The van der Waals surface area contributed by atoms with Crippen molar-refractivity contribution in [2.75, 3.05) is 0 Å². The number of hydrogen-bond donors (Lipinski definition) is 0. The Morgan fingerprint density at radius 2 is 1.54 bits per heavy atom. The largest absolute Gasteiger partial charge is 0.522 e. The standard InChI is InChI=1S/C2F3O3SSi4/c3-1(4,5)9(6,7)8-13-2(10,11)12. The van der Waals surface area contributed by atoms with Crippen LogP contribution in [-0.4, -0.2) is 54.4 Å². The zero-order chi connectivity index (χ0) is 10.9. The van der Waals surface area contributed by atoms with E-state index in [4.69, 9.17) is 0 Å². The third-order valence-corrected chi connectivity index (χ3v) is 3.59. The van der Waals surface area contributed by atoms with Gasteiger partial charge in [0.15, 0.2) is 0 Å². The number of alkyl halides is 3. The van der Waals surface area contributed by atoms with Crippen LogP contribution in [0.3, 0.4) is 0 Å². The van der Waals surface area contributed by atoms with E-state index in [2.05, 4.69) is 34.6 Å². The van der Waals surface area contributed by atoms with Gasteiger partial charge in [-0.3, -0.25) is 0 Å². The molecule has 11 heteroatoms. The van der Waals surface area contributed by atoms with Crippen molar-refractivity contribution in [3.63, 3.8) is 0 Å². The zero-order valence-electron chi connectivity index (χ0n) is 5.77. The molecular weight excluding hydrogens is 273 g/mol. The summed E-state index contributed by atoms with van der Waals surface area (Å²) in [6.45, 7) is 0. The summed E-state index contributed by atoms with van der Waals surface area (Å²) >= 11 is 0. The molecule has 0 aromatic rings. The Bertz CT molecular complexity index is 265. The summed E-state index contributed by atoms with van der Waals surface area (Å²) in [6.07, 6.45) is 0. The molecule has 0 N–H and O–H groups in total. The molecule has 0 aliphatic heterocycles. The van der Waals surface area contributed by atoms with Gasteiger partial charge in [0.1, 0.15) is 0 Å². The summed E-state index contributed by atoms with van der Waals surface area (Å²) in [6, 6.07) is 0. The molecule has 0 spiro atoms. The molecule has 0 amide bonds. The molecule has 0 saturated heterocycles. The second-order valence-corrected chi connectivity index (χ2v) is 10.1. The molecule has 0 aliphatic rings. The zero-order valence-corrected chi connectivity index (χ0v) is 10.6. The lowest BCUT2D eigenvalue weighted by molar-refractivity contribution is -0.0499. The molecule has 0 bridgehead atoms. The topological polar surface area (TPSA) is 43.4 Å². The molecule has 0 aliphatic carbocycles. The van der Waals surface area contributed by atoms with E-state index >= 15 is 0 Å². The van der Waals surface area contributed by atoms with Gasteiger partial charge in [0.05, 0.1) is 0 Å². The van der Waals surface area contributed by atoms with Gasteiger partial charge >= 0.3 is 15.6 Å². The summed E-state index contributed by atoms with van der Waals surface area (Å²) in [7, 11) is 1.98. The molecule has 3 nitrogen and oxygen atoms in total. The van der Waals surface area contributed by atoms with Gasteiger partial charge in [-0.25, -0.2) is 0 Å². The third-order valence-electron chi connectivity index (χ3n) is 0.588. The van der Waals surface area contributed by atoms with Crippen LogP contribution in [0.4, 0.5) is 13.2 Å². The highest BCUT2D eigenvalue weighted by Gasteiger charge is 2.47. The van der Waals surface area contributed by atoms with Crippen LogP contribution in [0.15, 0.2) is 0 Å². The quantitative estimate of drug-likeness (QED) is 0.490. The maximum Gasteiger partial charge on any atom is 0.522 e. The number of halogens is 3. The molecule has 69 valence electrons. The highest BCUT2D eigenvalue weighted by Crippen LogP contribution is 2.25. The Labute approximate surface area is 85.8 Å². The Hall–Kier alpha value is 0.568. The molecular formula is C2F3O3SSi4. The maximum absolute atomic E-state index is 11.7. The highest BCUT2D eigenvalue weighted by molar-refractivity contribution is 7.88. The summed E-state index contributed by atoms with van der Waals surface area (Å²) in [5.41, 5.74) is -5.39. The van der Waals surface area contributed by atoms with Crippen molar-refractivity contribution < 1.29 is 25.5 Å². The van der Waals surface area contributed by atoms with E-state index < -0.39 is 29.3 Å². The van der Waals surface area contributed by atoms with E-state index in [9.17, 15) is 21.6 Å². The van der Waals surface area contributed by atoms with Crippen LogP contribution < -0.4 is 0 Å². The first-order valence-electron chi connectivity index (χ1n) is 2.48. The first-order chi connectivity index (χ1) is 5.46. The van der Waals surface area contributed by atoms with Crippen LogP contribution in [0, 0.1) is 0 Å². The summed E-state index contributed by atoms with van der Waals surface area (Å²) in [5.74, 6) is 0. The van der Waals surface area contributed by atoms with Gasteiger partial charge in [-0.1, -0.05) is 0 Å². The fourth-order valence-corrected chi connectivity index (χ4v) is 2.61. The van der Waals surface area contributed by atoms with Gasteiger partial charge in [0, 0.05) is 30.7 Å². The van der Waals surface area contributed by atoms with Crippen LogP contribution in [-0.2, 0) is 14.0 Å². The second kappa shape index (κ2) is 3.98. The molecule has 0 unspecified atom stereocenters. The van der Waals surface area contributed by atoms with Crippen LogP contribution >= 0.6 is 0 Å². The first kappa shape index (κ1) is 13.6. The van der Waals surface area contributed by atoms with Crippen LogP contribution in [0.1, 0.15) is 0 Å². The predicted octanol–water partition coefficient (Wildman–Crippen LogP) is -0.992. The molecule has 0 aromatic carbocycles. The summed E-state index contributed by atoms with van der Waals surface area (Å²) in [4.78, 5) is 0. The van der Waals surface area contributed by atoms with Crippen molar-refractivity contribution in [2.45, 2.75) is 9.42 Å². The SMILES string of the molecule is O=S(=O)(O[Si]C([Si])([Si])[Si])C(F)(F)F. The van der Waals surface area contributed by atoms with E-state index in [1.54, 1.807) is 0 Å². The Kier molecular flexibility index (Phi) is 4.15. The minimum Gasteiger partial charge on any atom is -0.310 e. The summed E-state index contributed by atoms with van der Waals surface area (Å²) in [5, 5.41) is 0. The van der Waals surface area contributed by atoms with Gasteiger partial charge < -0.3 is 3.87 Å². The van der Waals surface area contributed by atoms with E-state index in [0.717, 1.165) is 0 Å². The Morgan fingerprint density at radius 3 is 1.77 bits per heavy atom. The van der Waals surface area contributed by atoms with Gasteiger partial charge in [-0.05, 0) is 3.91 Å². The predicted molar refractivity (Wildman–Crippen MR) is 41.8 cm³/mol. The minimum atomic E-state index is -5.51. The first-order valence-corrected chi connectivity index (χ1v) is 6.29. The highest BCUT2D eigenvalue weighted by atomic mass is 32.2. The van der Waals surface area contributed by atoms with Crippen LogP contribution in [0.2, 0.25) is 3.91 Å². The van der Waals surface area contributed by atoms with Gasteiger partial charge in [-0.15, -0.1) is 0 Å². The fraction of sp³-hybridized carbons (Fsp3) is 1.00. The number of hydrogen-bond acceptors (Lipinski definition) is 3. The van der Waals surface area contributed by atoms with Crippen LogP contribution in [0.25, 0.3) is 0 Å². The van der Waals surface area contributed by atoms with Gasteiger partial charge in [-0.2, -0.15) is 21.6 Å². The van der Waals surface area contributed by atoms with E-state index in [0.29, 0.717) is 0 Å². The van der Waals surface area contributed by atoms with Crippen LogP contribution in [0.5, 0.6) is 0 Å². The monoisotopic (exact) mass is 273 g/mol. The molecule has 0 saturated carbocycles. The van der Waals surface area contributed by atoms with Crippen molar-refractivity contribution >= 4 is 50.6 Å². The molecule has 13 heavy (non-hydrogen) atoms. The average molecular weight is 273 g/mol. The van der Waals surface area contributed by atoms with Crippen molar-refractivity contribution in [3.8, 4) is 0 Å². The molecule has 0 heterocycles. The average Bonchev–Trinajstić information content (AvgIpc) is 1.79. The fourth-order valence-electron chi connectivity index (χ4n) is 0.165. The maximum atomic E-state index is 11.7. The van der Waals surface area contributed by atoms with Gasteiger partial charge in [0.2, 0.25) is 0 Å². The van der Waals surface area contributed by atoms with Crippen molar-refractivity contribution in [2.24, 2.45) is 0 Å². The number of rotatable bonds is 3. The molecule has 0 rings (SSSR count). The van der Waals surface area contributed by atoms with Crippen molar-refractivity contribution in [1.82, 2.24) is 0 Å². The van der Waals surface area contributed by atoms with Crippen molar-refractivity contribution in [3.05, 3.63) is 0 Å². The molecule has 0 aromatic heterocycles. The van der Waals surface area contributed by atoms with Crippen molar-refractivity contribution in [1.29, 1.82) is 0 Å². The third kappa shape index (κ3) is 5.11. The second-order valence-electron chi connectivity index (χ2n) is 1.84. The Balaban J connectivity index is 4.40. The molecule has 11 radical (unpaired) electrons. The van der Waals surface area contributed by atoms with E-state index in [-0.39, 0.29) is 0 Å².